The molecule has 3 aromatic rings. The molecule has 0 aliphatic carbocycles. The van der Waals surface area contributed by atoms with Crippen molar-refractivity contribution in [1.82, 2.24) is 19.7 Å². The number of nitrogens with zero attached hydrogens (tertiary/aromatic N) is 4. The fourth-order valence-electron chi connectivity index (χ4n) is 1.97. The average Bonchev–Trinajstić information content (AvgIpc) is 2.83. The summed E-state index contributed by atoms with van der Waals surface area (Å²) in [6.45, 7) is 1.99. The van der Waals surface area contributed by atoms with Crippen LogP contribution in [0.4, 0.5) is 0 Å². The Kier molecular flexibility index (Phi) is 2.83. The topological polar surface area (TPSA) is 63.8 Å². The molecule has 1 aromatic carbocycles. The van der Waals surface area contributed by atoms with Crippen molar-refractivity contribution in [2.75, 3.05) is 0 Å². The van der Waals surface area contributed by atoms with Gasteiger partial charge in [0.15, 0.2) is 5.65 Å². The fraction of sp³-hybridized carbons (Fsp3) is 0.154. The van der Waals surface area contributed by atoms with E-state index in [0.29, 0.717) is 16.9 Å². The normalized spacial score (nSPS) is 11.1. The van der Waals surface area contributed by atoms with Gasteiger partial charge in [-0.25, -0.2) is 9.67 Å². The Hall–Kier alpha value is -2.14. The molecule has 0 radical (unpaired) electrons. The van der Waals surface area contributed by atoms with Crippen LogP contribution in [0.15, 0.2) is 30.5 Å². The summed E-state index contributed by atoms with van der Waals surface area (Å²) in [7, 11) is 0. The van der Waals surface area contributed by atoms with Gasteiger partial charge in [0.2, 0.25) is 5.88 Å². The molecule has 19 heavy (non-hydrogen) atoms. The number of para-hydroxylation sites is 1. The highest BCUT2D eigenvalue weighted by Gasteiger charge is 2.13. The van der Waals surface area contributed by atoms with E-state index in [1.54, 1.807) is 10.9 Å². The van der Waals surface area contributed by atoms with E-state index in [1.165, 1.54) is 0 Å². The first-order valence-corrected chi connectivity index (χ1v) is 6.29. The van der Waals surface area contributed by atoms with Crippen molar-refractivity contribution in [2.45, 2.75) is 12.8 Å². The molecule has 0 spiro atoms. The van der Waals surface area contributed by atoms with Crippen molar-refractivity contribution < 1.29 is 5.11 Å². The number of fused-ring (bicyclic) bond motifs is 1. The SMILES string of the molecule is Cc1ccccc1-n1ncc2c(O)nc(CCl)nc21. The van der Waals surface area contributed by atoms with Crippen LogP contribution in [0.5, 0.6) is 5.88 Å². The van der Waals surface area contributed by atoms with E-state index in [2.05, 4.69) is 15.1 Å². The number of aryl methyl sites for hydroxylation is 1. The zero-order chi connectivity index (χ0) is 13.4. The van der Waals surface area contributed by atoms with E-state index in [9.17, 15) is 5.11 Å². The Bertz CT molecular complexity index is 753. The molecule has 96 valence electrons. The van der Waals surface area contributed by atoms with Gasteiger partial charge in [0.25, 0.3) is 0 Å². The van der Waals surface area contributed by atoms with Gasteiger partial charge < -0.3 is 5.11 Å². The van der Waals surface area contributed by atoms with Crippen LogP contribution in [0.2, 0.25) is 0 Å². The van der Waals surface area contributed by atoms with Crippen molar-refractivity contribution in [3.05, 3.63) is 41.9 Å². The molecular weight excluding hydrogens is 264 g/mol. The molecule has 1 N–H and O–H groups in total. The van der Waals surface area contributed by atoms with Crippen molar-refractivity contribution in [1.29, 1.82) is 0 Å². The number of aromatic hydroxyl groups is 1. The lowest BCUT2D eigenvalue weighted by molar-refractivity contribution is 0.457. The van der Waals surface area contributed by atoms with Crippen molar-refractivity contribution >= 4 is 22.6 Å². The van der Waals surface area contributed by atoms with Crippen LogP contribution in [0.1, 0.15) is 11.4 Å². The highest BCUT2D eigenvalue weighted by Crippen LogP contribution is 2.24. The van der Waals surface area contributed by atoms with E-state index < -0.39 is 0 Å². The molecule has 0 saturated carbocycles. The van der Waals surface area contributed by atoms with Gasteiger partial charge in [-0.15, -0.1) is 11.6 Å². The Labute approximate surface area is 114 Å². The lowest BCUT2D eigenvalue weighted by Gasteiger charge is -2.06. The third kappa shape index (κ3) is 1.92. The number of hydrogen-bond donors (Lipinski definition) is 1. The molecule has 2 heterocycles. The quantitative estimate of drug-likeness (QED) is 0.730. The van der Waals surface area contributed by atoms with Crippen LogP contribution < -0.4 is 0 Å². The number of aromatic nitrogens is 4. The maximum absolute atomic E-state index is 9.85. The second-order valence-corrected chi connectivity index (χ2v) is 4.44. The highest BCUT2D eigenvalue weighted by molar-refractivity contribution is 6.16. The molecule has 2 aromatic heterocycles. The Balaban J connectivity index is 2.31. The van der Waals surface area contributed by atoms with Crippen LogP contribution in [-0.4, -0.2) is 24.9 Å². The highest BCUT2D eigenvalue weighted by atomic mass is 35.5. The summed E-state index contributed by atoms with van der Waals surface area (Å²) in [5, 5.41) is 14.6. The number of benzene rings is 1. The average molecular weight is 275 g/mol. The van der Waals surface area contributed by atoms with E-state index in [-0.39, 0.29) is 11.8 Å². The van der Waals surface area contributed by atoms with Crippen LogP contribution >= 0.6 is 11.6 Å². The molecule has 5 nitrogen and oxygen atoms in total. The number of rotatable bonds is 2. The minimum Gasteiger partial charge on any atom is -0.493 e. The van der Waals surface area contributed by atoms with E-state index >= 15 is 0 Å². The van der Waals surface area contributed by atoms with E-state index in [0.717, 1.165) is 11.3 Å². The maximum Gasteiger partial charge on any atom is 0.225 e. The largest absolute Gasteiger partial charge is 0.493 e. The Morgan fingerprint density at radius 1 is 1.26 bits per heavy atom. The number of alkyl halides is 1. The van der Waals surface area contributed by atoms with Gasteiger partial charge in [-0.3, -0.25) is 0 Å². The summed E-state index contributed by atoms with van der Waals surface area (Å²) in [6.07, 6.45) is 1.55. The van der Waals surface area contributed by atoms with Crippen molar-refractivity contribution in [2.24, 2.45) is 0 Å². The lowest BCUT2D eigenvalue weighted by Crippen LogP contribution is -2.01. The monoisotopic (exact) mass is 274 g/mol. The third-order valence-corrected chi connectivity index (χ3v) is 3.16. The van der Waals surface area contributed by atoms with Crippen LogP contribution in [0.25, 0.3) is 16.7 Å². The summed E-state index contributed by atoms with van der Waals surface area (Å²) in [6, 6.07) is 7.83. The molecule has 0 unspecified atom stereocenters. The first-order chi connectivity index (χ1) is 9.20. The minimum atomic E-state index is -0.0968. The molecule has 6 heteroatoms. The Morgan fingerprint density at radius 2 is 2.05 bits per heavy atom. The van der Waals surface area contributed by atoms with Gasteiger partial charge in [-0.2, -0.15) is 10.1 Å². The van der Waals surface area contributed by atoms with Gasteiger partial charge >= 0.3 is 0 Å². The smallest absolute Gasteiger partial charge is 0.225 e. The first-order valence-electron chi connectivity index (χ1n) is 5.76. The zero-order valence-corrected chi connectivity index (χ0v) is 11.0. The van der Waals surface area contributed by atoms with Gasteiger partial charge in [0.05, 0.1) is 17.8 Å². The van der Waals surface area contributed by atoms with Crippen LogP contribution in [0, 0.1) is 6.92 Å². The second kappa shape index (κ2) is 4.51. The summed E-state index contributed by atoms with van der Waals surface area (Å²) in [4.78, 5) is 8.24. The summed E-state index contributed by atoms with van der Waals surface area (Å²) in [5.74, 6) is 0.421. The summed E-state index contributed by atoms with van der Waals surface area (Å²) in [5.41, 5.74) is 2.53. The number of halogens is 1. The Morgan fingerprint density at radius 3 is 2.79 bits per heavy atom. The standard InChI is InChI=1S/C13H11ClN4O/c1-8-4-2-3-5-10(8)18-12-9(7-15-18)13(19)17-11(6-14)16-12/h2-5,7H,6H2,1H3,(H,16,17,19). The van der Waals surface area contributed by atoms with Gasteiger partial charge in [0, 0.05) is 0 Å². The first kappa shape index (κ1) is 11.9. The molecule has 0 fully saturated rings. The third-order valence-electron chi connectivity index (χ3n) is 2.92. The van der Waals surface area contributed by atoms with Crippen molar-refractivity contribution in [3.63, 3.8) is 0 Å². The molecule has 0 amide bonds. The zero-order valence-electron chi connectivity index (χ0n) is 10.2. The molecule has 3 rings (SSSR count). The number of hydrogen-bond acceptors (Lipinski definition) is 4. The van der Waals surface area contributed by atoms with E-state index in [4.69, 9.17) is 11.6 Å². The molecular formula is C13H11ClN4O. The van der Waals surface area contributed by atoms with E-state index in [1.807, 2.05) is 31.2 Å². The van der Waals surface area contributed by atoms with Crippen molar-refractivity contribution in [3.8, 4) is 11.6 Å². The van der Waals surface area contributed by atoms with Gasteiger partial charge in [0.1, 0.15) is 11.2 Å². The second-order valence-electron chi connectivity index (χ2n) is 4.18. The van der Waals surface area contributed by atoms with Crippen LogP contribution in [0.3, 0.4) is 0 Å². The lowest BCUT2D eigenvalue weighted by atomic mass is 10.2. The molecule has 0 bridgehead atoms. The summed E-state index contributed by atoms with van der Waals surface area (Å²) >= 11 is 5.73. The summed E-state index contributed by atoms with van der Waals surface area (Å²) < 4.78 is 1.68. The fourth-order valence-corrected chi connectivity index (χ4v) is 2.09. The predicted molar refractivity (Wildman–Crippen MR) is 72.6 cm³/mol. The van der Waals surface area contributed by atoms with Gasteiger partial charge in [-0.05, 0) is 18.6 Å². The molecule has 0 atom stereocenters. The molecule has 0 saturated heterocycles. The molecule has 0 aliphatic rings. The maximum atomic E-state index is 9.85. The van der Waals surface area contributed by atoms with Crippen LogP contribution in [-0.2, 0) is 5.88 Å². The predicted octanol–water partition coefficient (Wildman–Crippen LogP) is 2.57. The molecule has 0 aliphatic heterocycles. The van der Waals surface area contributed by atoms with Gasteiger partial charge in [-0.1, -0.05) is 18.2 Å². The minimum absolute atomic E-state index is 0.0968.